The van der Waals surface area contributed by atoms with Gasteiger partial charge < -0.3 is 19.7 Å². The highest BCUT2D eigenvalue weighted by atomic mass is 32.2. The number of benzene rings is 4. The van der Waals surface area contributed by atoms with Gasteiger partial charge in [-0.1, -0.05) is 121 Å². The van der Waals surface area contributed by atoms with Crippen LogP contribution in [0.1, 0.15) is 22.3 Å². The molecule has 0 aliphatic rings. The number of carboxylic acid groups (broad SMARTS) is 2. The third-order valence-electron chi connectivity index (χ3n) is 7.56. The number of carboxylic acids is 2. The zero-order valence-corrected chi connectivity index (χ0v) is 29.0. The van der Waals surface area contributed by atoms with E-state index < -0.39 is 36.2 Å². The third kappa shape index (κ3) is 12.5. The van der Waals surface area contributed by atoms with E-state index in [4.69, 9.17) is 9.47 Å². The first-order valence-corrected chi connectivity index (χ1v) is 18.3. The molecule has 4 aromatic rings. The molecule has 262 valence electrons. The molecule has 12 heteroatoms. The molecule has 4 aromatic carbocycles. The molecular weight excluding hydrogens is 677 g/mol. The maximum absolute atomic E-state index is 13.6. The van der Waals surface area contributed by atoms with Crippen molar-refractivity contribution in [2.24, 2.45) is 0 Å². The van der Waals surface area contributed by atoms with Gasteiger partial charge in [0.25, 0.3) is 0 Å². The lowest BCUT2D eigenvalue weighted by Gasteiger charge is -2.33. The van der Waals surface area contributed by atoms with Gasteiger partial charge in [0.15, 0.2) is 0 Å². The Morgan fingerprint density at radius 3 is 1.10 bits per heavy atom. The van der Waals surface area contributed by atoms with Crippen molar-refractivity contribution in [1.29, 1.82) is 0 Å². The third-order valence-corrected chi connectivity index (χ3v) is 9.74. The fourth-order valence-electron chi connectivity index (χ4n) is 4.88. The number of amides is 2. The minimum absolute atomic E-state index is 0.0262. The van der Waals surface area contributed by atoms with Crippen molar-refractivity contribution >= 4 is 47.6 Å². The van der Waals surface area contributed by atoms with Crippen molar-refractivity contribution in [3.8, 4) is 0 Å². The van der Waals surface area contributed by atoms with Crippen LogP contribution < -0.4 is 0 Å². The number of carbonyl (C=O) groups is 4. The summed E-state index contributed by atoms with van der Waals surface area (Å²) in [5.74, 6) is -1.44. The maximum atomic E-state index is 13.6. The molecule has 1 unspecified atom stereocenters. The number of aliphatic carboxylic acids is 2. The van der Waals surface area contributed by atoms with Crippen molar-refractivity contribution in [3.63, 3.8) is 0 Å². The van der Waals surface area contributed by atoms with Crippen LogP contribution in [0.2, 0.25) is 0 Å². The monoisotopic (exact) mass is 716 g/mol. The molecule has 0 radical (unpaired) electrons. The molecule has 50 heavy (non-hydrogen) atoms. The van der Waals surface area contributed by atoms with Crippen molar-refractivity contribution < 1.29 is 38.9 Å². The van der Waals surface area contributed by atoms with Gasteiger partial charge in [-0.2, -0.15) is 23.5 Å². The zero-order valence-electron chi connectivity index (χ0n) is 27.4. The van der Waals surface area contributed by atoms with Crippen LogP contribution in [0.15, 0.2) is 121 Å². The second kappa shape index (κ2) is 20.5. The standard InChI is InChI=1S/C38H40N2O8S2/c41-35(42)33(27-49-25-31-17-9-3-10-18-31)39(37(45)47-23-29-13-5-1-6-14-29)21-22-40(38(46)48-24-30-15-7-2-8-16-30)34(36(43)44)28-50-26-32-19-11-4-12-20-32/h1-20,33-34H,21-28H2,(H,41,42)(H,43,44)/t33-,34?/m1/s1. The first kappa shape index (κ1) is 37.9. The number of carbonyl (C=O) groups excluding carboxylic acids is 2. The molecule has 0 bridgehead atoms. The SMILES string of the molecule is O=C(O)C(CSCc1ccccc1)N(CCN(C(=O)OCc1ccccc1)[C@H](CSCc1ccccc1)C(=O)O)C(=O)OCc1ccccc1. The lowest BCUT2D eigenvalue weighted by molar-refractivity contribution is -0.143. The molecular formula is C38H40N2O8S2. The highest BCUT2D eigenvalue weighted by Gasteiger charge is 2.35. The van der Waals surface area contributed by atoms with Gasteiger partial charge in [0.1, 0.15) is 25.3 Å². The lowest BCUT2D eigenvalue weighted by Crippen LogP contribution is -2.53. The smallest absolute Gasteiger partial charge is 0.410 e. The van der Waals surface area contributed by atoms with E-state index in [9.17, 15) is 29.4 Å². The normalized spacial score (nSPS) is 11.9. The summed E-state index contributed by atoms with van der Waals surface area (Å²) in [6, 6.07) is 34.3. The first-order chi connectivity index (χ1) is 24.3. The second-order valence-corrected chi connectivity index (χ2v) is 13.2. The average molecular weight is 717 g/mol. The maximum Gasteiger partial charge on any atom is 0.410 e. The van der Waals surface area contributed by atoms with Crippen LogP contribution in [0.25, 0.3) is 0 Å². The Morgan fingerprint density at radius 2 is 0.800 bits per heavy atom. The molecule has 0 aromatic heterocycles. The summed E-state index contributed by atoms with van der Waals surface area (Å²) in [5, 5.41) is 20.6. The molecule has 10 nitrogen and oxygen atoms in total. The minimum atomic E-state index is -1.33. The summed E-state index contributed by atoms with van der Waals surface area (Å²) < 4.78 is 11.1. The number of rotatable bonds is 19. The number of hydrogen-bond acceptors (Lipinski definition) is 8. The summed E-state index contributed by atoms with van der Waals surface area (Å²) in [4.78, 5) is 54.6. The summed E-state index contributed by atoms with van der Waals surface area (Å²) in [5.41, 5.74) is 3.39. The molecule has 4 rings (SSSR count). The number of nitrogens with zero attached hydrogens (tertiary/aromatic N) is 2. The van der Waals surface area contributed by atoms with Crippen molar-refractivity contribution in [1.82, 2.24) is 9.80 Å². The minimum Gasteiger partial charge on any atom is -0.480 e. The fourth-order valence-corrected chi connectivity index (χ4v) is 7.07. The van der Waals surface area contributed by atoms with Crippen LogP contribution in [0.5, 0.6) is 0 Å². The molecule has 0 fully saturated rings. The molecule has 0 aliphatic carbocycles. The van der Waals surface area contributed by atoms with Crippen LogP contribution in [0, 0.1) is 0 Å². The van der Waals surface area contributed by atoms with Crippen LogP contribution in [-0.2, 0) is 43.8 Å². The first-order valence-electron chi connectivity index (χ1n) is 16.0. The van der Waals surface area contributed by atoms with Crippen LogP contribution in [0.3, 0.4) is 0 Å². The van der Waals surface area contributed by atoms with Gasteiger partial charge in [-0.15, -0.1) is 0 Å². The second-order valence-electron chi connectivity index (χ2n) is 11.2. The fraction of sp³-hybridized carbons (Fsp3) is 0.263. The Morgan fingerprint density at radius 1 is 0.500 bits per heavy atom. The van der Waals surface area contributed by atoms with E-state index in [1.807, 2.05) is 72.8 Å². The highest BCUT2D eigenvalue weighted by Crippen LogP contribution is 2.20. The van der Waals surface area contributed by atoms with Crippen LogP contribution in [0.4, 0.5) is 9.59 Å². The van der Waals surface area contributed by atoms with Crippen molar-refractivity contribution in [3.05, 3.63) is 144 Å². The van der Waals surface area contributed by atoms with Crippen molar-refractivity contribution in [2.45, 2.75) is 36.8 Å². The van der Waals surface area contributed by atoms with E-state index >= 15 is 0 Å². The van der Waals surface area contributed by atoms with E-state index in [0.29, 0.717) is 22.6 Å². The Bertz CT molecular complexity index is 1510. The van der Waals surface area contributed by atoms with Gasteiger partial charge in [-0.3, -0.25) is 9.80 Å². The Hall–Kier alpha value is -4.94. The predicted octanol–water partition coefficient (Wildman–Crippen LogP) is 7.04. The van der Waals surface area contributed by atoms with Gasteiger partial charge in [0.05, 0.1) is 0 Å². The Kier molecular flexibility index (Phi) is 15.6. The zero-order chi connectivity index (χ0) is 35.6. The molecule has 0 heterocycles. The van der Waals surface area contributed by atoms with E-state index in [1.54, 1.807) is 48.5 Å². The number of ether oxygens (including phenoxy) is 2. The Labute approximate surface area is 300 Å². The van der Waals surface area contributed by atoms with Crippen LogP contribution >= 0.6 is 23.5 Å². The number of hydrogen-bond donors (Lipinski definition) is 2. The largest absolute Gasteiger partial charge is 0.480 e. The van der Waals surface area contributed by atoms with Crippen LogP contribution in [-0.4, -0.2) is 80.8 Å². The van der Waals surface area contributed by atoms with Gasteiger partial charge in [-0.25, -0.2) is 19.2 Å². The van der Waals surface area contributed by atoms with Gasteiger partial charge in [-0.05, 0) is 22.3 Å². The molecule has 2 atom stereocenters. The van der Waals surface area contributed by atoms with Gasteiger partial charge >= 0.3 is 24.1 Å². The van der Waals surface area contributed by atoms with E-state index in [1.165, 1.54) is 23.5 Å². The van der Waals surface area contributed by atoms with E-state index in [-0.39, 0.29) is 37.8 Å². The summed E-state index contributed by atoms with van der Waals surface area (Å²) in [6.45, 7) is -0.832. The molecule has 0 spiro atoms. The summed E-state index contributed by atoms with van der Waals surface area (Å²) in [6.07, 6.45) is -1.80. The van der Waals surface area contributed by atoms with Crippen molar-refractivity contribution in [2.75, 3.05) is 24.6 Å². The summed E-state index contributed by atoms with van der Waals surface area (Å²) in [7, 11) is 0. The lowest BCUT2D eigenvalue weighted by atomic mass is 10.2. The molecule has 0 saturated heterocycles. The highest BCUT2D eigenvalue weighted by molar-refractivity contribution is 7.98. The number of thioether (sulfide) groups is 2. The predicted molar refractivity (Wildman–Crippen MR) is 195 cm³/mol. The summed E-state index contributed by atoms with van der Waals surface area (Å²) >= 11 is 2.67. The Balaban J connectivity index is 1.55. The topological polar surface area (TPSA) is 134 Å². The average Bonchev–Trinajstić information content (AvgIpc) is 3.14. The quantitative estimate of drug-likeness (QED) is 0.104. The van der Waals surface area contributed by atoms with Gasteiger partial charge in [0.2, 0.25) is 0 Å². The molecule has 0 aliphatic heterocycles. The van der Waals surface area contributed by atoms with E-state index in [2.05, 4.69) is 0 Å². The van der Waals surface area contributed by atoms with E-state index in [0.717, 1.165) is 20.9 Å². The molecule has 0 saturated carbocycles. The van der Waals surface area contributed by atoms with Gasteiger partial charge in [0, 0.05) is 36.1 Å². The molecule has 2 N–H and O–H groups in total. The molecule has 2 amide bonds.